The lowest BCUT2D eigenvalue weighted by Crippen LogP contribution is -1.97. The molecule has 4 heteroatoms. The van der Waals surface area contributed by atoms with Gasteiger partial charge < -0.3 is 9.47 Å². The summed E-state index contributed by atoms with van der Waals surface area (Å²) >= 11 is 0. The normalized spacial score (nSPS) is 17.7. The highest BCUT2D eigenvalue weighted by molar-refractivity contribution is 5.93. The molecule has 0 saturated carbocycles. The Morgan fingerprint density at radius 3 is 2.20 bits per heavy atom. The predicted molar refractivity (Wildman–Crippen MR) is 61.5 cm³/mol. The smallest absolute Gasteiger partial charge is 0.211 e. The number of ether oxygens (including phenoxy) is 2. The van der Waals surface area contributed by atoms with Gasteiger partial charge in [0.05, 0.1) is 13.1 Å². The van der Waals surface area contributed by atoms with Crippen LogP contribution in [0, 0.1) is 0 Å². The zero-order chi connectivity index (χ0) is 11.1. The summed E-state index contributed by atoms with van der Waals surface area (Å²) < 4.78 is 10.00. The van der Waals surface area contributed by atoms with E-state index in [0.29, 0.717) is 5.90 Å². The van der Waals surface area contributed by atoms with E-state index in [0.717, 1.165) is 37.8 Å². The Morgan fingerprint density at radius 1 is 1.27 bits per heavy atom. The Morgan fingerprint density at radius 2 is 1.93 bits per heavy atom. The van der Waals surface area contributed by atoms with Crippen molar-refractivity contribution in [1.82, 2.24) is 0 Å². The molecule has 0 amide bonds. The molecule has 4 nitrogen and oxygen atoms in total. The number of hydrogen-bond acceptors (Lipinski definition) is 4. The Labute approximate surface area is 90.0 Å². The molecular weight excluding hydrogens is 192 g/mol. The van der Waals surface area contributed by atoms with E-state index >= 15 is 0 Å². The molecule has 82 valence electrons. The van der Waals surface area contributed by atoms with Crippen molar-refractivity contribution in [2.75, 3.05) is 26.3 Å². The first kappa shape index (κ1) is 11.5. The molecule has 2 aliphatic rings. The summed E-state index contributed by atoms with van der Waals surface area (Å²) in [4.78, 5) is 7.96. The van der Waals surface area contributed by atoms with Crippen LogP contribution in [0.3, 0.4) is 0 Å². The summed E-state index contributed by atoms with van der Waals surface area (Å²) in [6.45, 7) is 12.1. The highest BCUT2D eigenvalue weighted by atomic mass is 16.5. The molecular formula is C11H16N2O2. The minimum atomic E-state index is 0.681. The van der Waals surface area contributed by atoms with Gasteiger partial charge in [-0.3, -0.25) is 0 Å². The van der Waals surface area contributed by atoms with Crippen LogP contribution < -0.4 is 0 Å². The summed E-state index contributed by atoms with van der Waals surface area (Å²) in [6.07, 6.45) is 1.62. The van der Waals surface area contributed by atoms with Crippen LogP contribution in [0.15, 0.2) is 34.8 Å². The van der Waals surface area contributed by atoms with E-state index < -0.39 is 0 Å². The molecule has 0 fully saturated rings. The summed E-state index contributed by atoms with van der Waals surface area (Å²) in [6, 6.07) is 0. The molecule has 2 heterocycles. The van der Waals surface area contributed by atoms with Gasteiger partial charge in [0, 0.05) is 5.57 Å². The van der Waals surface area contributed by atoms with Gasteiger partial charge in [-0.25, -0.2) is 9.98 Å². The van der Waals surface area contributed by atoms with Crippen LogP contribution in [-0.2, 0) is 9.47 Å². The first-order chi connectivity index (χ1) is 7.24. The van der Waals surface area contributed by atoms with Gasteiger partial charge >= 0.3 is 0 Å². The van der Waals surface area contributed by atoms with E-state index in [9.17, 15) is 0 Å². The maximum atomic E-state index is 5.06. The molecule has 0 radical (unpaired) electrons. The van der Waals surface area contributed by atoms with Crippen molar-refractivity contribution >= 4 is 11.8 Å². The predicted octanol–water partition coefficient (Wildman–Crippen LogP) is 1.59. The molecule has 0 spiro atoms. The van der Waals surface area contributed by atoms with Gasteiger partial charge in [0.25, 0.3) is 0 Å². The van der Waals surface area contributed by atoms with Crippen molar-refractivity contribution < 1.29 is 9.47 Å². The molecule has 0 bridgehead atoms. The lowest BCUT2D eigenvalue weighted by Gasteiger charge is -1.95. The second-order valence-electron chi connectivity index (χ2n) is 3.09. The summed E-state index contributed by atoms with van der Waals surface area (Å²) in [5.74, 6) is 1.41. The van der Waals surface area contributed by atoms with Gasteiger partial charge in [0.15, 0.2) is 0 Å². The summed E-state index contributed by atoms with van der Waals surface area (Å²) in [5, 5.41) is 0. The minimum Gasteiger partial charge on any atom is -0.476 e. The fourth-order valence-electron chi connectivity index (χ4n) is 1.07. The van der Waals surface area contributed by atoms with Gasteiger partial charge in [-0.1, -0.05) is 13.2 Å². The third-order valence-corrected chi connectivity index (χ3v) is 1.73. The first-order valence-electron chi connectivity index (χ1n) is 4.87. The molecule has 2 rings (SSSR count). The van der Waals surface area contributed by atoms with Gasteiger partial charge in [0.2, 0.25) is 11.8 Å². The highest BCUT2D eigenvalue weighted by Crippen LogP contribution is 2.01. The first-order valence-corrected chi connectivity index (χ1v) is 4.87. The molecule has 0 aromatic heterocycles. The van der Waals surface area contributed by atoms with Crippen LogP contribution in [0.4, 0.5) is 0 Å². The molecule has 0 atom stereocenters. The van der Waals surface area contributed by atoms with E-state index in [2.05, 4.69) is 23.1 Å². The van der Waals surface area contributed by atoms with E-state index in [-0.39, 0.29) is 0 Å². The zero-order valence-corrected chi connectivity index (χ0v) is 9.03. The Balaban J connectivity index is 0.000000151. The molecule has 0 unspecified atom stereocenters. The summed E-state index contributed by atoms with van der Waals surface area (Å²) in [7, 11) is 0. The van der Waals surface area contributed by atoms with Crippen LogP contribution in [0.2, 0.25) is 0 Å². The SMILES string of the molecule is C=C(C)C1=NCCO1.C=CC1=NCCO1. The highest BCUT2D eigenvalue weighted by Gasteiger charge is 2.05. The van der Waals surface area contributed by atoms with Crippen molar-refractivity contribution in [3.05, 3.63) is 24.8 Å². The van der Waals surface area contributed by atoms with Crippen LogP contribution in [-0.4, -0.2) is 38.1 Å². The van der Waals surface area contributed by atoms with Gasteiger partial charge in [-0.05, 0) is 13.0 Å². The van der Waals surface area contributed by atoms with Gasteiger partial charge in [0.1, 0.15) is 13.2 Å². The van der Waals surface area contributed by atoms with Gasteiger partial charge in [-0.2, -0.15) is 0 Å². The second-order valence-corrected chi connectivity index (χ2v) is 3.09. The number of rotatable bonds is 2. The topological polar surface area (TPSA) is 43.2 Å². The Hall–Kier alpha value is -1.58. The summed E-state index contributed by atoms with van der Waals surface area (Å²) in [5.41, 5.74) is 0.919. The molecule has 0 saturated heterocycles. The Kier molecular flexibility index (Phi) is 4.60. The van der Waals surface area contributed by atoms with Crippen LogP contribution >= 0.6 is 0 Å². The molecule has 2 aliphatic heterocycles. The van der Waals surface area contributed by atoms with E-state index in [4.69, 9.17) is 9.47 Å². The van der Waals surface area contributed by atoms with Crippen molar-refractivity contribution in [3.63, 3.8) is 0 Å². The van der Waals surface area contributed by atoms with Crippen molar-refractivity contribution in [1.29, 1.82) is 0 Å². The van der Waals surface area contributed by atoms with Crippen molar-refractivity contribution in [2.24, 2.45) is 9.98 Å². The average molecular weight is 208 g/mol. The fraction of sp³-hybridized carbons (Fsp3) is 0.455. The van der Waals surface area contributed by atoms with E-state index in [1.807, 2.05) is 6.92 Å². The van der Waals surface area contributed by atoms with Crippen LogP contribution in [0.25, 0.3) is 0 Å². The largest absolute Gasteiger partial charge is 0.476 e. The zero-order valence-electron chi connectivity index (χ0n) is 9.03. The van der Waals surface area contributed by atoms with Crippen LogP contribution in [0.5, 0.6) is 0 Å². The minimum absolute atomic E-state index is 0.681. The van der Waals surface area contributed by atoms with E-state index in [1.165, 1.54) is 0 Å². The fourth-order valence-corrected chi connectivity index (χ4v) is 1.07. The lowest BCUT2D eigenvalue weighted by molar-refractivity contribution is 0.347. The lowest BCUT2D eigenvalue weighted by atomic mass is 10.4. The third-order valence-electron chi connectivity index (χ3n) is 1.73. The average Bonchev–Trinajstić information content (AvgIpc) is 2.92. The molecule has 0 aliphatic carbocycles. The number of nitrogens with zero attached hydrogens (tertiary/aromatic N) is 2. The molecule has 0 N–H and O–H groups in total. The van der Waals surface area contributed by atoms with E-state index in [1.54, 1.807) is 6.08 Å². The van der Waals surface area contributed by atoms with Gasteiger partial charge in [-0.15, -0.1) is 0 Å². The van der Waals surface area contributed by atoms with Crippen molar-refractivity contribution in [2.45, 2.75) is 6.92 Å². The quantitative estimate of drug-likeness (QED) is 0.691. The number of hydrogen-bond donors (Lipinski definition) is 0. The second kappa shape index (κ2) is 6.01. The third kappa shape index (κ3) is 3.97. The molecule has 0 aromatic rings. The maximum Gasteiger partial charge on any atom is 0.211 e. The Bertz CT molecular complexity index is 306. The standard InChI is InChI=1S/C6H9NO.C5H7NO/c1-5(2)6-7-3-4-8-6;1-2-5-6-3-4-7-5/h1,3-4H2,2H3;2H,1,3-4H2. The monoisotopic (exact) mass is 208 g/mol. The van der Waals surface area contributed by atoms with Crippen LogP contribution in [0.1, 0.15) is 6.92 Å². The molecule has 15 heavy (non-hydrogen) atoms. The number of aliphatic imine (C=N–C) groups is 2. The van der Waals surface area contributed by atoms with Crippen molar-refractivity contribution in [3.8, 4) is 0 Å². The molecule has 0 aromatic carbocycles. The maximum absolute atomic E-state index is 5.06.